The van der Waals surface area contributed by atoms with Gasteiger partial charge in [0.15, 0.2) is 0 Å². The lowest BCUT2D eigenvalue weighted by Crippen LogP contribution is -2.28. The molecule has 1 aromatic carbocycles. The van der Waals surface area contributed by atoms with Crippen LogP contribution in [0.2, 0.25) is 0 Å². The topological polar surface area (TPSA) is 63.4 Å². The van der Waals surface area contributed by atoms with Crippen LogP contribution >= 0.6 is 0 Å². The van der Waals surface area contributed by atoms with Crippen molar-refractivity contribution >= 4 is 10.0 Å². The van der Waals surface area contributed by atoms with Crippen LogP contribution in [0.4, 0.5) is 0 Å². The molecule has 0 aromatic heterocycles. The van der Waals surface area contributed by atoms with Crippen LogP contribution in [0.1, 0.15) is 38.3 Å². The van der Waals surface area contributed by atoms with Gasteiger partial charge in [-0.15, -0.1) is 0 Å². The van der Waals surface area contributed by atoms with Gasteiger partial charge in [-0.1, -0.05) is 26.8 Å². The van der Waals surface area contributed by atoms with E-state index in [4.69, 9.17) is 5.73 Å². The first-order chi connectivity index (χ1) is 9.32. The zero-order valence-corrected chi connectivity index (χ0v) is 13.7. The fourth-order valence-corrected chi connectivity index (χ4v) is 3.27. The maximum Gasteiger partial charge on any atom is 0.242 e. The highest BCUT2D eigenvalue weighted by molar-refractivity contribution is 7.89. The Balaban J connectivity index is 3.03. The molecule has 0 saturated carbocycles. The van der Waals surface area contributed by atoms with Gasteiger partial charge in [0, 0.05) is 20.1 Å². The summed E-state index contributed by atoms with van der Waals surface area (Å²) in [5.41, 5.74) is 7.72. The maximum atomic E-state index is 12.5. The SMILES string of the molecule is CCc1ccc(S(=O)(=O)N(C)CCC(C)C)cc1CN. The number of nitrogens with zero attached hydrogens (tertiary/aromatic N) is 1. The molecule has 5 heteroatoms. The third-order valence-corrected chi connectivity index (χ3v) is 5.36. The van der Waals surface area contributed by atoms with Gasteiger partial charge in [0.25, 0.3) is 0 Å². The van der Waals surface area contributed by atoms with Crippen LogP contribution in [0.25, 0.3) is 0 Å². The van der Waals surface area contributed by atoms with E-state index in [-0.39, 0.29) is 0 Å². The molecule has 0 unspecified atom stereocenters. The van der Waals surface area contributed by atoms with Crippen LogP contribution in [0.3, 0.4) is 0 Å². The molecule has 0 saturated heterocycles. The van der Waals surface area contributed by atoms with Gasteiger partial charge in [-0.05, 0) is 42.0 Å². The summed E-state index contributed by atoms with van der Waals surface area (Å²) < 4.78 is 26.4. The summed E-state index contributed by atoms with van der Waals surface area (Å²) >= 11 is 0. The van der Waals surface area contributed by atoms with Gasteiger partial charge < -0.3 is 5.73 Å². The normalized spacial score (nSPS) is 12.3. The van der Waals surface area contributed by atoms with Crippen molar-refractivity contribution in [1.29, 1.82) is 0 Å². The number of rotatable bonds is 7. The zero-order chi connectivity index (χ0) is 15.3. The van der Waals surface area contributed by atoms with Gasteiger partial charge in [0.05, 0.1) is 4.90 Å². The lowest BCUT2D eigenvalue weighted by molar-refractivity contribution is 0.428. The lowest BCUT2D eigenvalue weighted by Gasteiger charge is -2.19. The van der Waals surface area contributed by atoms with Gasteiger partial charge in [0.1, 0.15) is 0 Å². The van der Waals surface area contributed by atoms with E-state index in [1.807, 2.05) is 13.0 Å². The molecule has 0 amide bonds. The molecular formula is C15H26N2O2S. The maximum absolute atomic E-state index is 12.5. The van der Waals surface area contributed by atoms with E-state index in [0.29, 0.717) is 23.9 Å². The van der Waals surface area contributed by atoms with Crippen molar-refractivity contribution in [1.82, 2.24) is 4.31 Å². The van der Waals surface area contributed by atoms with Crippen LogP contribution in [-0.4, -0.2) is 26.3 Å². The second kappa shape index (κ2) is 7.20. The Morgan fingerprint density at radius 3 is 2.40 bits per heavy atom. The standard InChI is InChI=1S/C15H26N2O2S/c1-5-13-6-7-15(10-14(13)11-16)20(18,19)17(4)9-8-12(2)3/h6-7,10,12H,5,8-9,11,16H2,1-4H3. The Labute approximate surface area is 123 Å². The molecule has 1 rings (SSSR count). The van der Waals surface area contributed by atoms with Crippen LogP contribution in [-0.2, 0) is 23.0 Å². The summed E-state index contributed by atoms with van der Waals surface area (Å²) in [6.07, 6.45) is 1.71. The van der Waals surface area contributed by atoms with E-state index in [1.165, 1.54) is 4.31 Å². The number of nitrogens with two attached hydrogens (primary N) is 1. The molecule has 0 bridgehead atoms. The molecule has 114 valence electrons. The second-order valence-corrected chi connectivity index (χ2v) is 7.54. The Morgan fingerprint density at radius 2 is 1.90 bits per heavy atom. The van der Waals surface area contributed by atoms with E-state index in [1.54, 1.807) is 19.2 Å². The van der Waals surface area contributed by atoms with Crippen molar-refractivity contribution in [3.63, 3.8) is 0 Å². The average Bonchev–Trinajstić information content (AvgIpc) is 2.43. The van der Waals surface area contributed by atoms with Crippen LogP contribution < -0.4 is 5.73 Å². The van der Waals surface area contributed by atoms with Crippen LogP contribution in [0, 0.1) is 5.92 Å². The first-order valence-electron chi connectivity index (χ1n) is 7.11. The Bertz CT molecular complexity index is 539. The monoisotopic (exact) mass is 298 g/mol. The molecule has 2 N–H and O–H groups in total. The summed E-state index contributed by atoms with van der Waals surface area (Å²) in [5, 5.41) is 0. The molecule has 0 aliphatic rings. The predicted octanol–water partition coefficient (Wildman–Crippen LogP) is 2.37. The zero-order valence-electron chi connectivity index (χ0n) is 12.9. The van der Waals surface area contributed by atoms with Crippen LogP contribution in [0.5, 0.6) is 0 Å². The van der Waals surface area contributed by atoms with Gasteiger partial charge >= 0.3 is 0 Å². The minimum atomic E-state index is -3.41. The molecule has 0 aliphatic carbocycles. The summed E-state index contributed by atoms with van der Waals surface area (Å²) in [4.78, 5) is 0.335. The molecule has 20 heavy (non-hydrogen) atoms. The van der Waals surface area contributed by atoms with Gasteiger partial charge in [-0.2, -0.15) is 0 Å². The summed E-state index contributed by atoms with van der Waals surface area (Å²) in [5.74, 6) is 0.481. The number of benzene rings is 1. The summed E-state index contributed by atoms with van der Waals surface area (Å²) in [6.45, 7) is 7.11. The van der Waals surface area contributed by atoms with Gasteiger partial charge in [-0.3, -0.25) is 0 Å². The lowest BCUT2D eigenvalue weighted by atomic mass is 10.1. The average molecular weight is 298 g/mol. The molecule has 0 heterocycles. The molecule has 0 spiro atoms. The quantitative estimate of drug-likeness (QED) is 0.840. The summed E-state index contributed by atoms with van der Waals surface area (Å²) in [6, 6.07) is 5.25. The molecule has 0 radical (unpaired) electrons. The van der Waals surface area contributed by atoms with Gasteiger partial charge in [-0.25, -0.2) is 12.7 Å². The molecule has 0 fully saturated rings. The Hall–Kier alpha value is -0.910. The number of aryl methyl sites for hydroxylation is 1. The van der Waals surface area contributed by atoms with Crippen molar-refractivity contribution in [2.45, 2.75) is 45.1 Å². The van der Waals surface area contributed by atoms with Crippen molar-refractivity contribution in [3.05, 3.63) is 29.3 Å². The van der Waals surface area contributed by atoms with E-state index >= 15 is 0 Å². The minimum absolute atomic E-state index is 0.335. The highest BCUT2D eigenvalue weighted by Crippen LogP contribution is 2.20. The minimum Gasteiger partial charge on any atom is -0.326 e. The van der Waals surface area contributed by atoms with Crippen molar-refractivity contribution in [2.24, 2.45) is 11.7 Å². The number of hydrogen-bond acceptors (Lipinski definition) is 3. The highest BCUT2D eigenvalue weighted by Gasteiger charge is 2.21. The summed E-state index contributed by atoms with van der Waals surface area (Å²) in [7, 11) is -1.78. The Kier molecular flexibility index (Phi) is 6.17. The largest absolute Gasteiger partial charge is 0.326 e. The Morgan fingerprint density at radius 1 is 1.25 bits per heavy atom. The molecule has 1 aromatic rings. The number of sulfonamides is 1. The van der Waals surface area contributed by atoms with Crippen molar-refractivity contribution < 1.29 is 8.42 Å². The fraction of sp³-hybridized carbons (Fsp3) is 0.600. The third kappa shape index (κ3) is 4.04. The second-order valence-electron chi connectivity index (χ2n) is 5.50. The third-order valence-electron chi connectivity index (χ3n) is 3.51. The first-order valence-corrected chi connectivity index (χ1v) is 8.55. The van der Waals surface area contributed by atoms with Crippen LogP contribution in [0.15, 0.2) is 23.1 Å². The molecule has 0 atom stereocenters. The van der Waals surface area contributed by atoms with E-state index in [2.05, 4.69) is 13.8 Å². The fourth-order valence-electron chi connectivity index (χ4n) is 2.04. The van der Waals surface area contributed by atoms with E-state index in [0.717, 1.165) is 24.0 Å². The number of hydrogen-bond donors (Lipinski definition) is 1. The first kappa shape index (κ1) is 17.1. The van der Waals surface area contributed by atoms with E-state index in [9.17, 15) is 8.42 Å². The molecular weight excluding hydrogens is 272 g/mol. The molecule has 4 nitrogen and oxygen atoms in total. The van der Waals surface area contributed by atoms with Crippen molar-refractivity contribution in [2.75, 3.05) is 13.6 Å². The van der Waals surface area contributed by atoms with E-state index < -0.39 is 10.0 Å². The molecule has 0 aliphatic heterocycles. The predicted molar refractivity (Wildman–Crippen MR) is 83.0 cm³/mol. The van der Waals surface area contributed by atoms with Gasteiger partial charge in [0.2, 0.25) is 10.0 Å². The smallest absolute Gasteiger partial charge is 0.242 e. The highest BCUT2D eigenvalue weighted by atomic mass is 32.2. The van der Waals surface area contributed by atoms with Crippen molar-refractivity contribution in [3.8, 4) is 0 Å².